The number of rotatable bonds is 7. The topological polar surface area (TPSA) is 146 Å². The molecule has 0 bridgehead atoms. The van der Waals surface area contributed by atoms with Crippen LogP contribution in [0.2, 0.25) is 0 Å². The first-order valence-electron chi connectivity index (χ1n) is 8.89. The fourth-order valence-electron chi connectivity index (χ4n) is 2.87. The number of H-pyrrole nitrogens is 1. The molecule has 12 heteroatoms. The van der Waals surface area contributed by atoms with Gasteiger partial charge in [-0.15, -0.1) is 5.10 Å². The standard InChI is InChI=1S/C19H14N6O5S/c1-24-19(21-22-23-24)31-17-7-6-11(8-15(17)25(28)29)18(27)30-10-16(26)13-9-20-14-5-3-2-4-12(13)14/h2-9,20H,10H2,1H3. The molecule has 4 rings (SSSR count). The maximum absolute atomic E-state index is 12.5. The summed E-state index contributed by atoms with van der Waals surface area (Å²) in [6.45, 7) is -0.490. The van der Waals surface area contributed by atoms with Crippen LogP contribution in [0.4, 0.5) is 5.69 Å². The second-order valence-electron chi connectivity index (χ2n) is 6.37. The third kappa shape index (κ3) is 4.14. The molecule has 0 unspecified atom stereocenters. The summed E-state index contributed by atoms with van der Waals surface area (Å²) in [5, 5.41) is 23.5. The number of hydrogen-bond donors (Lipinski definition) is 1. The normalized spacial score (nSPS) is 10.9. The number of aromatic amines is 1. The zero-order chi connectivity index (χ0) is 22.0. The Labute approximate surface area is 178 Å². The molecule has 0 fully saturated rings. The second kappa shape index (κ2) is 8.36. The van der Waals surface area contributed by atoms with Crippen LogP contribution in [0.1, 0.15) is 20.7 Å². The minimum atomic E-state index is -0.840. The van der Waals surface area contributed by atoms with Gasteiger partial charge in [0.2, 0.25) is 10.9 Å². The van der Waals surface area contributed by atoms with Gasteiger partial charge in [0.05, 0.1) is 15.4 Å². The quantitative estimate of drug-likeness (QED) is 0.199. The van der Waals surface area contributed by atoms with Gasteiger partial charge in [-0.1, -0.05) is 18.2 Å². The van der Waals surface area contributed by atoms with Gasteiger partial charge in [0.25, 0.3) is 5.69 Å². The number of ketones is 1. The fourth-order valence-corrected chi connectivity index (χ4v) is 3.69. The maximum Gasteiger partial charge on any atom is 0.338 e. The molecule has 0 aliphatic carbocycles. The molecule has 0 spiro atoms. The number of fused-ring (bicyclic) bond motifs is 1. The van der Waals surface area contributed by atoms with Gasteiger partial charge in [-0.25, -0.2) is 9.48 Å². The summed E-state index contributed by atoms with van der Waals surface area (Å²) in [5.41, 5.74) is 0.849. The Bertz CT molecular complexity index is 1310. The van der Waals surface area contributed by atoms with Crippen LogP contribution in [0.3, 0.4) is 0 Å². The molecule has 0 aliphatic heterocycles. The van der Waals surface area contributed by atoms with Crippen molar-refractivity contribution < 1.29 is 19.2 Å². The molecule has 0 radical (unpaired) electrons. The van der Waals surface area contributed by atoms with Gasteiger partial charge in [-0.05, 0) is 40.4 Å². The third-order valence-electron chi connectivity index (χ3n) is 4.40. The highest BCUT2D eigenvalue weighted by Gasteiger charge is 2.22. The lowest BCUT2D eigenvalue weighted by molar-refractivity contribution is -0.387. The smallest absolute Gasteiger partial charge is 0.338 e. The monoisotopic (exact) mass is 438 g/mol. The number of carbonyl (C=O) groups is 2. The fraction of sp³-hybridized carbons (Fsp3) is 0.105. The Morgan fingerprint density at radius 2 is 2.06 bits per heavy atom. The van der Waals surface area contributed by atoms with Crippen LogP contribution >= 0.6 is 11.8 Å². The van der Waals surface area contributed by atoms with Crippen molar-refractivity contribution in [3.05, 3.63) is 69.9 Å². The van der Waals surface area contributed by atoms with E-state index in [0.29, 0.717) is 10.7 Å². The highest BCUT2D eigenvalue weighted by Crippen LogP contribution is 2.34. The first-order valence-corrected chi connectivity index (χ1v) is 9.71. The molecule has 2 aromatic carbocycles. The molecule has 4 aromatic rings. The number of para-hydroxylation sites is 1. The number of aryl methyl sites for hydroxylation is 1. The van der Waals surface area contributed by atoms with Crippen LogP contribution in [0.15, 0.2) is 58.7 Å². The number of nitro groups is 1. The molecule has 0 amide bonds. The Kier molecular flexibility index (Phi) is 5.45. The molecule has 0 saturated carbocycles. The lowest BCUT2D eigenvalue weighted by Gasteiger charge is -2.06. The number of esters is 1. The lowest BCUT2D eigenvalue weighted by Crippen LogP contribution is -2.14. The van der Waals surface area contributed by atoms with E-state index in [4.69, 9.17) is 4.74 Å². The molecule has 2 heterocycles. The number of ether oxygens (including phenoxy) is 1. The van der Waals surface area contributed by atoms with Crippen LogP contribution in [0.5, 0.6) is 0 Å². The van der Waals surface area contributed by atoms with Crippen molar-refractivity contribution >= 4 is 40.1 Å². The van der Waals surface area contributed by atoms with E-state index in [1.807, 2.05) is 12.1 Å². The SMILES string of the molecule is Cn1nnnc1Sc1ccc(C(=O)OCC(=O)c2c[nH]c3ccccc23)cc1[N+](=O)[O-]. The number of hydrogen-bond acceptors (Lipinski definition) is 9. The summed E-state index contributed by atoms with van der Waals surface area (Å²) in [7, 11) is 1.60. The van der Waals surface area contributed by atoms with Gasteiger partial charge < -0.3 is 9.72 Å². The Balaban J connectivity index is 1.49. The van der Waals surface area contributed by atoms with E-state index in [9.17, 15) is 19.7 Å². The minimum absolute atomic E-state index is 0.0427. The maximum atomic E-state index is 12.5. The van der Waals surface area contributed by atoms with E-state index in [1.165, 1.54) is 16.8 Å². The van der Waals surface area contributed by atoms with Crippen LogP contribution < -0.4 is 0 Å². The van der Waals surface area contributed by atoms with Gasteiger partial charge in [0, 0.05) is 35.8 Å². The zero-order valence-electron chi connectivity index (χ0n) is 16.0. The average Bonchev–Trinajstić information content (AvgIpc) is 3.38. The molecule has 0 aliphatic rings. The highest BCUT2D eigenvalue weighted by molar-refractivity contribution is 7.99. The largest absolute Gasteiger partial charge is 0.454 e. The number of aromatic nitrogens is 5. The van der Waals surface area contributed by atoms with E-state index in [1.54, 1.807) is 25.4 Å². The molecular weight excluding hydrogens is 424 g/mol. The minimum Gasteiger partial charge on any atom is -0.454 e. The van der Waals surface area contributed by atoms with Crippen LogP contribution in [-0.2, 0) is 11.8 Å². The van der Waals surface area contributed by atoms with E-state index in [-0.39, 0.29) is 21.9 Å². The summed E-state index contributed by atoms with van der Waals surface area (Å²) in [5.74, 6) is -1.23. The summed E-state index contributed by atoms with van der Waals surface area (Å²) >= 11 is 0.989. The van der Waals surface area contributed by atoms with Crippen molar-refractivity contribution in [2.24, 2.45) is 7.05 Å². The zero-order valence-corrected chi connectivity index (χ0v) is 16.8. The van der Waals surface area contributed by atoms with Crippen molar-refractivity contribution in [3.8, 4) is 0 Å². The van der Waals surface area contributed by atoms with E-state index >= 15 is 0 Å². The van der Waals surface area contributed by atoms with Crippen molar-refractivity contribution in [2.45, 2.75) is 10.1 Å². The Morgan fingerprint density at radius 3 is 2.81 bits per heavy atom. The van der Waals surface area contributed by atoms with Crippen molar-refractivity contribution in [1.82, 2.24) is 25.2 Å². The van der Waals surface area contributed by atoms with Crippen molar-refractivity contribution in [3.63, 3.8) is 0 Å². The molecule has 0 atom stereocenters. The molecule has 1 N–H and O–H groups in total. The molecule has 2 aromatic heterocycles. The van der Waals surface area contributed by atoms with E-state index in [0.717, 1.165) is 28.7 Å². The predicted octanol–water partition coefficient (Wildman–Crippen LogP) is 2.79. The average molecular weight is 438 g/mol. The Morgan fingerprint density at radius 1 is 1.26 bits per heavy atom. The first-order chi connectivity index (χ1) is 14.9. The predicted molar refractivity (Wildman–Crippen MR) is 109 cm³/mol. The van der Waals surface area contributed by atoms with E-state index < -0.39 is 17.5 Å². The van der Waals surface area contributed by atoms with Crippen molar-refractivity contribution in [2.75, 3.05) is 6.61 Å². The van der Waals surface area contributed by atoms with Gasteiger partial charge in [-0.3, -0.25) is 14.9 Å². The molecule has 11 nitrogen and oxygen atoms in total. The first kappa shape index (κ1) is 20.2. The van der Waals surface area contributed by atoms with Crippen LogP contribution in [0, 0.1) is 10.1 Å². The number of tetrazole rings is 1. The molecular formula is C19H14N6O5S. The molecule has 156 valence electrons. The van der Waals surface area contributed by atoms with Crippen molar-refractivity contribution in [1.29, 1.82) is 0 Å². The number of Topliss-reactive ketones (excluding diaryl/α,β-unsaturated/α-hetero) is 1. The number of nitro benzene ring substituents is 1. The summed E-state index contributed by atoms with van der Waals surface area (Å²) in [6, 6.07) is 11.1. The van der Waals surface area contributed by atoms with Gasteiger partial charge in [0.15, 0.2) is 6.61 Å². The summed E-state index contributed by atoms with van der Waals surface area (Å²) < 4.78 is 6.46. The third-order valence-corrected chi connectivity index (χ3v) is 5.49. The number of nitrogens with zero attached hydrogens (tertiary/aromatic N) is 5. The second-order valence-corrected chi connectivity index (χ2v) is 7.38. The van der Waals surface area contributed by atoms with Gasteiger partial charge in [-0.2, -0.15) is 0 Å². The number of carbonyl (C=O) groups excluding carboxylic acids is 2. The van der Waals surface area contributed by atoms with Gasteiger partial charge in [0.1, 0.15) is 0 Å². The van der Waals surface area contributed by atoms with Gasteiger partial charge >= 0.3 is 5.97 Å². The Hall–Kier alpha value is -4.06. The van der Waals surface area contributed by atoms with Crippen LogP contribution in [-0.4, -0.2) is 48.5 Å². The summed E-state index contributed by atoms with van der Waals surface area (Å²) in [4.78, 5) is 39.0. The number of benzene rings is 2. The highest BCUT2D eigenvalue weighted by atomic mass is 32.2. The lowest BCUT2D eigenvalue weighted by atomic mass is 10.1. The summed E-state index contributed by atoms with van der Waals surface area (Å²) in [6.07, 6.45) is 1.55. The van der Waals surface area contributed by atoms with E-state index in [2.05, 4.69) is 20.5 Å². The number of nitrogens with one attached hydrogen (secondary N) is 1. The molecule has 31 heavy (non-hydrogen) atoms. The van der Waals surface area contributed by atoms with Crippen LogP contribution in [0.25, 0.3) is 10.9 Å². The molecule has 0 saturated heterocycles.